The van der Waals surface area contributed by atoms with E-state index in [4.69, 9.17) is 13.9 Å². The number of ether oxygens (including phenoxy) is 2. The summed E-state index contributed by atoms with van der Waals surface area (Å²) in [7, 11) is 0. The average molecular weight is 450 g/mol. The van der Waals surface area contributed by atoms with E-state index in [1.807, 2.05) is 25.1 Å². The first-order valence-corrected chi connectivity index (χ1v) is 8.61. The van der Waals surface area contributed by atoms with E-state index in [2.05, 4.69) is 22.6 Å². The molecule has 6 heteroatoms. The van der Waals surface area contributed by atoms with Gasteiger partial charge >= 0.3 is 11.9 Å². The molecule has 3 rings (SSSR count). The number of aryl methyl sites for hydroxylation is 1. The molecular weight excluding hydrogens is 435 g/mol. The molecule has 2 aromatic carbocycles. The minimum atomic E-state index is -0.458. The van der Waals surface area contributed by atoms with Gasteiger partial charge in [-0.15, -0.1) is 0 Å². The zero-order valence-electron chi connectivity index (χ0n) is 13.9. The maximum Gasteiger partial charge on any atom is 0.308 e. The smallest absolute Gasteiger partial charge is 0.308 e. The molecule has 128 valence electrons. The van der Waals surface area contributed by atoms with Gasteiger partial charge in [0.05, 0.1) is 0 Å². The number of hydrogen-bond donors (Lipinski definition) is 0. The van der Waals surface area contributed by atoms with Crippen molar-refractivity contribution < 1.29 is 23.5 Å². The van der Waals surface area contributed by atoms with Crippen LogP contribution in [-0.2, 0) is 9.59 Å². The third kappa shape index (κ3) is 4.01. The van der Waals surface area contributed by atoms with Crippen molar-refractivity contribution in [1.29, 1.82) is 0 Å². The van der Waals surface area contributed by atoms with Crippen LogP contribution < -0.4 is 9.47 Å². The minimum absolute atomic E-state index is 0.285. The van der Waals surface area contributed by atoms with Crippen molar-refractivity contribution in [2.45, 2.75) is 20.8 Å². The van der Waals surface area contributed by atoms with Crippen LogP contribution in [0.5, 0.6) is 11.5 Å². The predicted molar refractivity (Wildman–Crippen MR) is 102 cm³/mol. The van der Waals surface area contributed by atoms with Crippen LogP contribution in [0.15, 0.2) is 40.8 Å². The number of esters is 2. The molecule has 0 aliphatic heterocycles. The maximum absolute atomic E-state index is 11.3. The molecule has 1 aromatic heterocycles. The summed E-state index contributed by atoms with van der Waals surface area (Å²) >= 11 is 2.28. The second-order valence-corrected chi connectivity index (χ2v) is 6.79. The Bertz CT molecular complexity index is 914. The van der Waals surface area contributed by atoms with E-state index in [-0.39, 0.29) is 11.5 Å². The first-order valence-electron chi connectivity index (χ1n) is 7.54. The molecule has 0 saturated carbocycles. The molecule has 5 nitrogen and oxygen atoms in total. The molecule has 3 aromatic rings. The third-order valence-corrected chi connectivity index (χ3v) is 4.65. The summed E-state index contributed by atoms with van der Waals surface area (Å²) in [6, 6.07) is 10.8. The first-order chi connectivity index (χ1) is 11.8. The lowest BCUT2D eigenvalue weighted by Gasteiger charge is -2.07. The van der Waals surface area contributed by atoms with Crippen LogP contribution in [0.3, 0.4) is 0 Å². The van der Waals surface area contributed by atoms with Gasteiger partial charge in [0.2, 0.25) is 0 Å². The van der Waals surface area contributed by atoms with Crippen molar-refractivity contribution in [3.63, 3.8) is 0 Å². The lowest BCUT2D eigenvalue weighted by molar-refractivity contribution is -0.132. The number of carbonyl (C=O) groups excluding carboxylic acids is 2. The van der Waals surface area contributed by atoms with Crippen molar-refractivity contribution in [2.24, 2.45) is 0 Å². The molecule has 0 aliphatic rings. The summed E-state index contributed by atoms with van der Waals surface area (Å²) in [5.74, 6) is 0.250. The molecule has 0 radical (unpaired) electrons. The van der Waals surface area contributed by atoms with Crippen LogP contribution in [0.4, 0.5) is 0 Å². The average Bonchev–Trinajstić information content (AvgIpc) is 2.89. The van der Waals surface area contributed by atoms with Crippen molar-refractivity contribution in [3.05, 3.63) is 45.5 Å². The number of furan rings is 1. The molecule has 0 unspecified atom stereocenters. The first kappa shape index (κ1) is 17.5. The van der Waals surface area contributed by atoms with E-state index >= 15 is 0 Å². The van der Waals surface area contributed by atoms with Crippen molar-refractivity contribution in [1.82, 2.24) is 0 Å². The number of benzene rings is 2. The van der Waals surface area contributed by atoms with Crippen molar-refractivity contribution in [2.75, 3.05) is 0 Å². The molecule has 0 saturated heterocycles. The highest BCUT2D eigenvalue weighted by atomic mass is 127. The number of rotatable bonds is 3. The number of hydrogen-bond acceptors (Lipinski definition) is 5. The highest BCUT2D eigenvalue weighted by molar-refractivity contribution is 14.1. The van der Waals surface area contributed by atoms with E-state index in [9.17, 15) is 9.59 Å². The fourth-order valence-electron chi connectivity index (χ4n) is 2.47. The highest BCUT2D eigenvalue weighted by Gasteiger charge is 2.13. The minimum Gasteiger partial charge on any atom is -0.456 e. The SMILES string of the molecule is CC(=O)Oc1cc(OC(C)=O)cc(-c2cc3cc(I)c(C)cc3o2)c1. The van der Waals surface area contributed by atoms with E-state index in [0.717, 1.165) is 20.1 Å². The summed E-state index contributed by atoms with van der Waals surface area (Å²) in [6.07, 6.45) is 0. The summed E-state index contributed by atoms with van der Waals surface area (Å²) in [4.78, 5) is 22.5. The molecule has 1 heterocycles. The number of fused-ring (bicyclic) bond motifs is 1. The molecule has 0 amide bonds. The lowest BCUT2D eigenvalue weighted by Crippen LogP contribution is -2.04. The molecule has 0 aliphatic carbocycles. The second-order valence-electron chi connectivity index (χ2n) is 5.63. The monoisotopic (exact) mass is 450 g/mol. The molecule has 0 atom stereocenters. The predicted octanol–water partition coefficient (Wildman–Crippen LogP) is 4.86. The molecule has 0 fully saturated rings. The van der Waals surface area contributed by atoms with Gasteiger partial charge in [0.25, 0.3) is 0 Å². The van der Waals surface area contributed by atoms with Crippen LogP contribution >= 0.6 is 22.6 Å². The van der Waals surface area contributed by atoms with E-state index in [1.54, 1.807) is 12.1 Å². The zero-order valence-corrected chi connectivity index (χ0v) is 16.0. The zero-order chi connectivity index (χ0) is 18.1. The highest BCUT2D eigenvalue weighted by Crippen LogP contribution is 2.34. The molecular formula is C19H15IO5. The molecule has 0 bridgehead atoms. The lowest BCUT2D eigenvalue weighted by atomic mass is 10.1. The molecule has 0 N–H and O–H groups in total. The van der Waals surface area contributed by atoms with Crippen LogP contribution in [0.25, 0.3) is 22.3 Å². The van der Waals surface area contributed by atoms with Crippen LogP contribution in [0.1, 0.15) is 19.4 Å². The van der Waals surface area contributed by atoms with Gasteiger partial charge in [-0.2, -0.15) is 0 Å². The van der Waals surface area contributed by atoms with E-state index in [0.29, 0.717) is 11.3 Å². The topological polar surface area (TPSA) is 65.7 Å². The Morgan fingerprint density at radius 3 is 2.08 bits per heavy atom. The summed E-state index contributed by atoms with van der Waals surface area (Å²) < 4.78 is 17.3. The fraction of sp³-hybridized carbons (Fsp3) is 0.158. The largest absolute Gasteiger partial charge is 0.456 e. The van der Waals surface area contributed by atoms with E-state index < -0.39 is 11.9 Å². The Hall–Kier alpha value is -2.35. The normalized spacial score (nSPS) is 10.7. The van der Waals surface area contributed by atoms with Gasteiger partial charge in [-0.05, 0) is 65.4 Å². The van der Waals surface area contributed by atoms with Crippen LogP contribution in [-0.4, -0.2) is 11.9 Å². The van der Waals surface area contributed by atoms with Gasteiger partial charge in [0.1, 0.15) is 22.8 Å². The Kier molecular flexibility index (Phi) is 4.80. The standard InChI is InChI=1S/C19H15IO5/c1-10-4-18-14(7-17(10)20)8-19(25-18)13-5-15(23-11(2)21)9-16(6-13)24-12(3)22/h4-9H,1-3H3. The Labute approximate surface area is 158 Å². The van der Waals surface area contributed by atoms with Crippen molar-refractivity contribution in [3.8, 4) is 22.8 Å². The van der Waals surface area contributed by atoms with Gasteiger partial charge < -0.3 is 13.9 Å². The van der Waals surface area contributed by atoms with Gasteiger partial charge in [0, 0.05) is 34.4 Å². The summed E-state index contributed by atoms with van der Waals surface area (Å²) in [5.41, 5.74) is 2.54. The maximum atomic E-state index is 11.3. The van der Waals surface area contributed by atoms with E-state index in [1.165, 1.54) is 19.9 Å². The quantitative estimate of drug-likeness (QED) is 0.324. The fourth-order valence-corrected chi connectivity index (χ4v) is 2.96. The molecule has 25 heavy (non-hydrogen) atoms. The van der Waals surface area contributed by atoms with Gasteiger partial charge in [-0.25, -0.2) is 0 Å². The second kappa shape index (κ2) is 6.87. The number of carbonyl (C=O) groups is 2. The van der Waals surface area contributed by atoms with Crippen LogP contribution in [0.2, 0.25) is 0 Å². The summed E-state index contributed by atoms with van der Waals surface area (Å²) in [6.45, 7) is 4.64. The Balaban J connectivity index is 2.11. The number of halogens is 1. The van der Waals surface area contributed by atoms with Gasteiger partial charge in [0.15, 0.2) is 0 Å². The summed E-state index contributed by atoms with van der Waals surface area (Å²) in [5, 5.41) is 0.969. The molecule has 0 spiro atoms. The van der Waals surface area contributed by atoms with Gasteiger partial charge in [-0.1, -0.05) is 0 Å². The van der Waals surface area contributed by atoms with Crippen molar-refractivity contribution >= 4 is 45.5 Å². The Morgan fingerprint density at radius 1 is 0.920 bits per heavy atom. The van der Waals surface area contributed by atoms with Crippen LogP contribution in [0, 0.1) is 10.5 Å². The van der Waals surface area contributed by atoms with Gasteiger partial charge in [-0.3, -0.25) is 9.59 Å². The Morgan fingerprint density at radius 2 is 1.52 bits per heavy atom. The third-order valence-electron chi connectivity index (χ3n) is 3.49.